The van der Waals surface area contributed by atoms with E-state index in [2.05, 4.69) is 6.92 Å². The molecule has 0 amide bonds. The van der Waals surface area contributed by atoms with Gasteiger partial charge in [-0.3, -0.25) is 4.79 Å². The standard InChI is InChI=1S/C17H25FO2/c1-5-13(12-16(19)20-17(2,3)4)6-7-14-8-10-15(18)11-9-14/h8-11,13H,5-7,12H2,1-4H3. The number of carbonyl (C=O) groups is 1. The SMILES string of the molecule is CCC(CCc1ccc(F)cc1)CC(=O)OC(C)(C)C. The van der Waals surface area contributed by atoms with Crippen LogP contribution in [0.2, 0.25) is 0 Å². The van der Waals surface area contributed by atoms with Crippen LogP contribution in [0, 0.1) is 11.7 Å². The second-order valence-corrected chi connectivity index (χ2v) is 6.23. The van der Waals surface area contributed by atoms with Gasteiger partial charge >= 0.3 is 5.97 Å². The Kier molecular flexibility index (Phi) is 6.18. The molecule has 0 aromatic heterocycles. The number of carbonyl (C=O) groups excluding carboxylic acids is 1. The first kappa shape index (κ1) is 16.7. The monoisotopic (exact) mass is 280 g/mol. The van der Waals surface area contributed by atoms with Crippen LogP contribution in [0.1, 0.15) is 52.5 Å². The molecule has 0 radical (unpaired) electrons. The highest BCUT2D eigenvalue weighted by atomic mass is 19.1. The molecule has 0 N–H and O–H groups in total. The van der Waals surface area contributed by atoms with E-state index in [9.17, 15) is 9.18 Å². The Morgan fingerprint density at radius 1 is 1.25 bits per heavy atom. The second-order valence-electron chi connectivity index (χ2n) is 6.23. The molecule has 0 aliphatic rings. The molecule has 0 aliphatic heterocycles. The number of aryl methyl sites for hydroxylation is 1. The first-order valence-corrected chi connectivity index (χ1v) is 7.26. The van der Waals surface area contributed by atoms with Crippen LogP contribution in [-0.2, 0) is 16.0 Å². The molecule has 1 atom stereocenters. The number of hydrogen-bond donors (Lipinski definition) is 0. The molecule has 0 saturated heterocycles. The maximum absolute atomic E-state index is 12.8. The Morgan fingerprint density at radius 2 is 1.85 bits per heavy atom. The van der Waals surface area contributed by atoms with E-state index in [1.807, 2.05) is 20.8 Å². The maximum Gasteiger partial charge on any atom is 0.306 e. The van der Waals surface area contributed by atoms with Crippen molar-refractivity contribution >= 4 is 5.97 Å². The number of rotatable bonds is 6. The van der Waals surface area contributed by atoms with Gasteiger partial charge in [-0.25, -0.2) is 4.39 Å². The second kappa shape index (κ2) is 7.41. The van der Waals surface area contributed by atoms with Crippen LogP contribution < -0.4 is 0 Å². The fourth-order valence-electron chi connectivity index (χ4n) is 2.09. The number of benzene rings is 1. The first-order chi connectivity index (χ1) is 9.30. The fraction of sp³-hybridized carbons (Fsp3) is 0.588. The molecule has 1 aromatic carbocycles. The van der Waals surface area contributed by atoms with Crippen molar-refractivity contribution in [3.8, 4) is 0 Å². The zero-order valence-electron chi connectivity index (χ0n) is 12.9. The first-order valence-electron chi connectivity index (χ1n) is 7.26. The Hall–Kier alpha value is -1.38. The lowest BCUT2D eigenvalue weighted by Crippen LogP contribution is -2.25. The average molecular weight is 280 g/mol. The van der Waals surface area contributed by atoms with E-state index in [0.717, 1.165) is 24.8 Å². The van der Waals surface area contributed by atoms with Crippen LogP contribution in [0.4, 0.5) is 4.39 Å². The van der Waals surface area contributed by atoms with Crippen molar-refractivity contribution in [3.05, 3.63) is 35.6 Å². The number of esters is 1. The van der Waals surface area contributed by atoms with Gasteiger partial charge in [-0.1, -0.05) is 25.5 Å². The van der Waals surface area contributed by atoms with Crippen LogP contribution in [0.15, 0.2) is 24.3 Å². The van der Waals surface area contributed by atoms with Crippen LogP contribution in [-0.4, -0.2) is 11.6 Å². The minimum atomic E-state index is -0.424. The van der Waals surface area contributed by atoms with Crippen LogP contribution in [0.5, 0.6) is 0 Å². The van der Waals surface area contributed by atoms with E-state index in [1.54, 1.807) is 12.1 Å². The highest BCUT2D eigenvalue weighted by Gasteiger charge is 2.19. The minimum absolute atomic E-state index is 0.136. The summed E-state index contributed by atoms with van der Waals surface area (Å²) in [5.74, 6) is -0.0343. The molecule has 0 heterocycles. The van der Waals surface area contributed by atoms with Gasteiger partial charge in [-0.2, -0.15) is 0 Å². The van der Waals surface area contributed by atoms with Gasteiger partial charge in [0.2, 0.25) is 0 Å². The minimum Gasteiger partial charge on any atom is -0.460 e. The van der Waals surface area contributed by atoms with Crippen molar-refractivity contribution in [2.75, 3.05) is 0 Å². The van der Waals surface area contributed by atoms with E-state index < -0.39 is 5.60 Å². The van der Waals surface area contributed by atoms with E-state index in [1.165, 1.54) is 12.1 Å². The number of ether oxygens (including phenoxy) is 1. The predicted octanol–water partition coefficient (Wildman–Crippen LogP) is 4.52. The highest BCUT2D eigenvalue weighted by molar-refractivity contribution is 5.70. The third kappa shape index (κ3) is 6.69. The van der Waals surface area contributed by atoms with E-state index >= 15 is 0 Å². The molecule has 2 nitrogen and oxygen atoms in total. The Morgan fingerprint density at radius 3 is 2.35 bits per heavy atom. The van der Waals surface area contributed by atoms with Crippen molar-refractivity contribution in [2.24, 2.45) is 5.92 Å². The molecular weight excluding hydrogens is 255 g/mol. The third-order valence-corrected chi connectivity index (χ3v) is 3.21. The molecule has 3 heteroatoms. The summed E-state index contributed by atoms with van der Waals surface area (Å²) in [7, 11) is 0. The van der Waals surface area contributed by atoms with Crippen molar-refractivity contribution in [1.82, 2.24) is 0 Å². The summed E-state index contributed by atoms with van der Waals surface area (Å²) >= 11 is 0. The lowest BCUT2D eigenvalue weighted by atomic mass is 9.94. The quantitative estimate of drug-likeness (QED) is 0.716. The van der Waals surface area contributed by atoms with E-state index in [-0.39, 0.29) is 11.8 Å². The molecule has 0 aliphatic carbocycles. The smallest absolute Gasteiger partial charge is 0.306 e. The van der Waals surface area contributed by atoms with Crippen molar-refractivity contribution in [3.63, 3.8) is 0 Å². The van der Waals surface area contributed by atoms with Gasteiger partial charge in [0, 0.05) is 6.42 Å². The lowest BCUT2D eigenvalue weighted by Gasteiger charge is -2.21. The van der Waals surface area contributed by atoms with Gasteiger partial charge in [0.05, 0.1) is 0 Å². The van der Waals surface area contributed by atoms with E-state index in [0.29, 0.717) is 12.3 Å². The molecule has 112 valence electrons. The lowest BCUT2D eigenvalue weighted by molar-refractivity contribution is -0.156. The van der Waals surface area contributed by atoms with Crippen LogP contribution in [0.25, 0.3) is 0 Å². The Bertz CT molecular complexity index is 418. The molecule has 0 fully saturated rings. The van der Waals surface area contributed by atoms with Gasteiger partial charge in [0.15, 0.2) is 0 Å². The molecule has 20 heavy (non-hydrogen) atoms. The molecule has 1 unspecified atom stereocenters. The number of hydrogen-bond acceptors (Lipinski definition) is 2. The fourth-order valence-corrected chi connectivity index (χ4v) is 2.09. The summed E-state index contributed by atoms with van der Waals surface area (Å²) < 4.78 is 18.2. The summed E-state index contributed by atoms with van der Waals surface area (Å²) in [6, 6.07) is 6.55. The molecule has 0 saturated carbocycles. The van der Waals surface area contributed by atoms with Gasteiger partial charge < -0.3 is 4.74 Å². The summed E-state index contributed by atoms with van der Waals surface area (Å²) in [5.41, 5.74) is 0.681. The third-order valence-electron chi connectivity index (χ3n) is 3.21. The van der Waals surface area contributed by atoms with Crippen molar-refractivity contribution in [2.45, 2.75) is 59.0 Å². The molecule has 0 bridgehead atoms. The van der Waals surface area contributed by atoms with Gasteiger partial charge in [0.25, 0.3) is 0 Å². The Balaban J connectivity index is 2.43. The molecule has 1 rings (SSSR count). The summed E-state index contributed by atoms with van der Waals surface area (Å²) in [6.07, 6.45) is 3.18. The Labute approximate surface area is 121 Å². The largest absolute Gasteiger partial charge is 0.460 e. The average Bonchev–Trinajstić information content (AvgIpc) is 2.34. The zero-order chi connectivity index (χ0) is 15.2. The highest BCUT2D eigenvalue weighted by Crippen LogP contribution is 2.19. The molecule has 1 aromatic rings. The van der Waals surface area contributed by atoms with Crippen molar-refractivity contribution < 1.29 is 13.9 Å². The van der Waals surface area contributed by atoms with Gasteiger partial charge in [-0.05, 0) is 57.2 Å². The zero-order valence-corrected chi connectivity index (χ0v) is 12.9. The van der Waals surface area contributed by atoms with Crippen LogP contribution in [0.3, 0.4) is 0 Å². The van der Waals surface area contributed by atoms with Crippen molar-refractivity contribution in [1.29, 1.82) is 0 Å². The summed E-state index contributed by atoms with van der Waals surface area (Å²) in [6.45, 7) is 7.72. The van der Waals surface area contributed by atoms with E-state index in [4.69, 9.17) is 4.74 Å². The summed E-state index contributed by atoms with van der Waals surface area (Å²) in [4.78, 5) is 11.8. The molecule has 0 spiro atoms. The predicted molar refractivity (Wildman–Crippen MR) is 79.0 cm³/mol. The number of halogens is 1. The molecular formula is C17H25FO2. The normalized spacial score (nSPS) is 13.1. The van der Waals surface area contributed by atoms with Gasteiger partial charge in [-0.15, -0.1) is 0 Å². The van der Waals surface area contributed by atoms with Crippen LogP contribution >= 0.6 is 0 Å². The summed E-state index contributed by atoms with van der Waals surface area (Å²) in [5, 5.41) is 0. The maximum atomic E-state index is 12.8. The van der Waals surface area contributed by atoms with Gasteiger partial charge in [0.1, 0.15) is 11.4 Å². The topological polar surface area (TPSA) is 26.3 Å².